The van der Waals surface area contributed by atoms with Crippen molar-refractivity contribution >= 4 is 0 Å². The van der Waals surface area contributed by atoms with Crippen LogP contribution < -0.4 is 4.74 Å². The lowest BCUT2D eigenvalue weighted by Crippen LogP contribution is -1.83. The van der Waals surface area contributed by atoms with Gasteiger partial charge < -0.3 is 4.74 Å². The van der Waals surface area contributed by atoms with Crippen molar-refractivity contribution in [1.29, 1.82) is 0 Å². The Hall–Kier alpha value is -4.91. The molecule has 0 N–H and O–H groups in total. The molecule has 0 spiro atoms. The van der Waals surface area contributed by atoms with Crippen LogP contribution in [0.25, 0.3) is 11.1 Å². The van der Waals surface area contributed by atoms with Crippen LogP contribution in [0.1, 0.15) is 6.92 Å². The SMILES string of the molecule is C#CC#CC#CC#CC#CC#CC#CC.COc1cccc(-c2ccc(F)cc2)c1. The van der Waals surface area contributed by atoms with Gasteiger partial charge in [0.2, 0.25) is 0 Å². The molecule has 0 heterocycles. The quantitative estimate of drug-likeness (QED) is 0.705. The first-order valence-electron chi connectivity index (χ1n) is 8.48. The molecule has 0 aliphatic rings. The second-order valence-corrected chi connectivity index (χ2v) is 5.01. The molecule has 0 saturated carbocycles. The smallest absolute Gasteiger partial charge is 0.123 e. The summed E-state index contributed by atoms with van der Waals surface area (Å²) in [5.41, 5.74) is 2.00. The minimum Gasteiger partial charge on any atom is -0.497 e. The van der Waals surface area contributed by atoms with Crippen LogP contribution in [0, 0.1) is 89.2 Å². The molecular weight excluding hydrogens is 371 g/mol. The summed E-state index contributed by atoms with van der Waals surface area (Å²) in [7, 11) is 1.63. The van der Waals surface area contributed by atoms with Crippen LogP contribution in [-0.2, 0) is 0 Å². The van der Waals surface area contributed by atoms with Crippen molar-refractivity contribution in [3.05, 3.63) is 54.3 Å². The molecule has 0 bridgehead atoms. The normalized spacial score (nSPS) is 6.87. The number of hydrogen-bond donors (Lipinski definition) is 0. The van der Waals surface area contributed by atoms with Gasteiger partial charge in [-0.25, -0.2) is 4.39 Å². The van der Waals surface area contributed by atoms with E-state index in [4.69, 9.17) is 11.2 Å². The summed E-state index contributed by atoms with van der Waals surface area (Å²) in [5, 5.41) is 0. The van der Waals surface area contributed by atoms with E-state index in [0.717, 1.165) is 16.9 Å². The predicted octanol–water partition coefficient (Wildman–Crippen LogP) is 4.16. The van der Waals surface area contributed by atoms with Crippen LogP contribution in [0.5, 0.6) is 5.75 Å². The Morgan fingerprint density at radius 3 is 1.73 bits per heavy atom. The predicted molar refractivity (Wildman–Crippen MR) is 120 cm³/mol. The van der Waals surface area contributed by atoms with E-state index in [0.29, 0.717) is 0 Å². The molecule has 30 heavy (non-hydrogen) atoms. The first-order valence-corrected chi connectivity index (χ1v) is 8.48. The van der Waals surface area contributed by atoms with Gasteiger partial charge in [-0.1, -0.05) is 30.2 Å². The molecule has 2 aromatic carbocycles. The van der Waals surface area contributed by atoms with Crippen LogP contribution in [-0.4, -0.2) is 7.11 Å². The number of methoxy groups -OCH3 is 1. The third-order valence-electron chi connectivity index (χ3n) is 3.07. The molecule has 140 valence electrons. The van der Waals surface area contributed by atoms with E-state index in [1.54, 1.807) is 26.2 Å². The summed E-state index contributed by atoms with van der Waals surface area (Å²) in [4.78, 5) is 0. The van der Waals surface area contributed by atoms with Crippen molar-refractivity contribution in [2.75, 3.05) is 7.11 Å². The van der Waals surface area contributed by atoms with Gasteiger partial charge in [0.05, 0.1) is 7.11 Å². The van der Waals surface area contributed by atoms with Crippen LogP contribution in [0.4, 0.5) is 4.39 Å². The Balaban J connectivity index is 0.000000300. The van der Waals surface area contributed by atoms with Crippen LogP contribution >= 0.6 is 0 Å². The van der Waals surface area contributed by atoms with Crippen molar-refractivity contribution in [1.82, 2.24) is 0 Å². The summed E-state index contributed by atoms with van der Waals surface area (Å²) in [6.07, 6.45) is 4.87. The van der Waals surface area contributed by atoms with Gasteiger partial charge >= 0.3 is 0 Å². The van der Waals surface area contributed by atoms with E-state index in [1.807, 2.05) is 24.3 Å². The Kier molecular flexibility index (Phi) is 11.7. The Labute approximate surface area is 178 Å². The van der Waals surface area contributed by atoms with Gasteiger partial charge in [0.25, 0.3) is 0 Å². The fourth-order valence-electron chi connectivity index (χ4n) is 1.82. The highest BCUT2D eigenvalue weighted by atomic mass is 19.1. The van der Waals surface area contributed by atoms with E-state index in [-0.39, 0.29) is 5.82 Å². The zero-order chi connectivity index (χ0) is 21.9. The lowest BCUT2D eigenvalue weighted by Gasteiger charge is -2.04. The Morgan fingerprint density at radius 1 is 0.700 bits per heavy atom. The molecule has 0 atom stereocenters. The molecule has 2 aromatic rings. The van der Waals surface area contributed by atoms with E-state index in [1.165, 1.54) is 12.1 Å². The van der Waals surface area contributed by atoms with Gasteiger partial charge in [-0.05, 0) is 113 Å². The maximum Gasteiger partial charge on any atom is 0.123 e. The fourth-order valence-corrected chi connectivity index (χ4v) is 1.82. The molecule has 0 unspecified atom stereocenters. The summed E-state index contributed by atoms with van der Waals surface area (Å²) in [5.74, 6) is 32.5. The molecule has 0 aromatic heterocycles. The third kappa shape index (κ3) is 10.3. The second-order valence-electron chi connectivity index (χ2n) is 5.01. The van der Waals surface area contributed by atoms with Crippen LogP contribution in [0.15, 0.2) is 48.5 Å². The Morgan fingerprint density at radius 2 is 1.23 bits per heavy atom. The first-order chi connectivity index (χ1) is 14.7. The average molecular weight is 386 g/mol. The highest BCUT2D eigenvalue weighted by Crippen LogP contribution is 2.23. The molecule has 0 amide bonds. The molecule has 1 nitrogen and oxygen atoms in total. The third-order valence-corrected chi connectivity index (χ3v) is 3.07. The van der Waals surface area contributed by atoms with E-state index < -0.39 is 0 Å². The molecule has 0 aliphatic heterocycles. The van der Waals surface area contributed by atoms with Crippen molar-refractivity contribution in [2.45, 2.75) is 6.92 Å². The summed E-state index contributed by atoms with van der Waals surface area (Å²) < 4.78 is 17.8. The number of rotatable bonds is 2. The number of ether oxygens (including phenoxy) is 1. The number of terminal acetylenes is 1. The van der Waals surface area contributed by atoms with E-state index in [9.17, 15) is 4.39 Å². The highest BCUT2D eigenvalue weighted by molar-refractivity contribution is 5.64. The zero-order valence-electron chi connectivity index (χ0n) is 16.5. The van der Waals surface area contributed by atoms with E-state index >= 15 is 0 Å². The van der Waals surface area contributed by atoms with Crippen molar-refractivity contribution < 1.29 is 9.13 Å². The lowest BCUT2D eigenvalue weighted by molar-refractivity contribution is 0.415. The van der Waals surface area contributed by atoms with Gasteiger partial charge in [0.1, 0.15) is 11.6 Å². The number of halogens is 1. The molecule has 0 radical (unpaired) electrons. The number of benzene rings is 2. The van der Waals surface area contributed by atoms with Gasteiger partial charge in [-0.3, -0.25) is 0 Å². The molecular formula is C28H15FO. The minimum atomic E-state index is -0.221. The molecule has 0 saturated heterocycles. The average Bonchev–Trinajstić information content (AvgIpc) is 2.78. The monoisotopic (exact) mass is 386 g/mol. The Bertz CT molecular complexity index is 1270. The summed E-state index contributed by atoms with van der Waals surface area (Å²) >= 11 is 0. The molecule has 0 fully saturated rings. The zero-order valence-corrected chi connectivity index (χ0v) is 16.5. The standard InChI is InChI=1S/C15H4.C13H11FO/c1-3-5-7-9-11-13-15-14-12-10-8-6-4-2;1-15-13-4-2-3-11(9-13)10-5-7-12(14)8-6-10/h1H,2H3;2-9H,1H3. The lowest BCUT2D eigenvalue weighted by atomic mass is 10.1. The number of hydrogen-bond acceptors (Lipinski definition) is 1. The van der Waals surface area contributed by atoms with Crippen LogP contribution in [0.2, 0.25) is 0 Å². The highest BCUT2D eigenvalue weighted by Gasteiger charge is 1.99. The van der Waals surface area contributed by atoms with Crippen molar-refractivity contribution in [2.24, 2.45) is 0 Å². The molecule has 0 aliphatic carbocycles. The molecule has 2 heteroatoms. The fraction of sp³-hybridized carbons (Fsp3) is 0.0714. The first kappa shape index (κ1) is 23.1. The van der Waals surface area contributed by atoms with Gasteiger partial charge in [-0.15, -0.1) is 6.42 Å². The topological polar surface area (TPSA) is 9.23 Å². The van der Waals surface area contributed by atoms with Gasteiger partial charge in [0, 0.05) is 0 Å². The molecule has 2 rings (SSSR count). The van der Waals surface area contributed by atoms with Gasteiger partial charge in [0.15, 0.2) is 0 Å². The largest absolute Gasteiger partial charge is 0.497 e. The van der Waals surface area contributed by atoms with Gasteiger partial charge in [-0.2, -0.15) is 0 Å². The maximum absolute atomic E-state index is 12.7. The minimum absolute atomic E-state index is 0.221. The van der Waals surface area contributed by atoms with E-state index in [2.05, 4.69) is 77.0 Å². The maximum atomic E-state index is 12.7. The summed E-state index contributed by atoms with van der Waals surface area (Å²) in [6, 6.07) is 14.1. The van der Waals surface area contributed by atoms with Crippen molar-refractivity contribution in [3.8, 4) is 100 Å². The van der Waals surface area contributed by atoms with Crippen LogP contribution in [0.3, 0.4) is 0 Å². The van der Waals surface area contributed by atoms with Crippen molar-refractivity contribution in [3.63, 3.8) is 0 Å². The second kappa shape index (κ2) is 15.2. The summed E-state index contributed by atoms with van der Waals surface area (Å²) in [6.45, 7) is 1.70.